The van der Waals surface area contributed by atoms with Crippen molar-refractivity contribution in [3.63, 3.8) is 0 Å². The Labute approximate surface area is 132 Å². The van der Waals surface area contributed by atoms with Crippen LogP contribution in [0.2, 0.25) is 0 Å². The van der Waals surface area contributed by atoms with E-state index in [0.717, 1.165) is 0 Å². The van der Waals surface area contributed by atoms with Gasteiger partial charge in [0.15, 0.2) is 0 Å². The summed E-state index contributed by atoms with van der Waals surface area (Å²) in [5.41, 5.74) is 0. The van der Waals surface area contributed by atoms with Crippen LogP contribution in [0.5, 0.6) is 11.5 Å². The molecule has 4 heteroatoms. The molecule has 16 heavy (non-hydrogen) atoms. The van der Waals surface area contributed by atoms with Crippen LogP contribution in [0.3, 0.4) is 0 Å². The molecule has 0 fully saturated rings. The second-order valence-electron chi connectivity index (χ2n) is 2.63. The SMILES string of the molecule is [O-]c1ccccc1.[O-]c1ccccc1.[Pb+2].[SnH4]. The fraction of sp³-hybridized carbons (Fsp3) is 0. The van der Waals surface area contributed by atoms with E-state index in [9.17, 15) is 10.2 Å². The summed E-state index contributed by atoms with van der Waals surface area (Å²) < 4.78 is 0. The van der Waals surface area contributed by atoms with Crippen molar-refractivity contribution in [2.75, 3.05) is 0 Å². The Balaban J connectivity index is 0. The van der Waals surface area contributed by atoms with Crippen LogP contribution in [0.25, 0.3) is 0 Å². The maximum absolute atomic E-state index is 10.3. The third-order valence-electron chi connectivity index (χ3n) is 1.49. The van der Waals surface area contributed by atoms with Gasteiger partial charge in [0.1, 0.15) is 0 Å². The Morgan fingerprint density at radius 1 is 0.562 bits per heavy atom. The van der Waals surface area contributed by atoms with Crippen molar-refractivity contribution < 1.29 is 10.2 Å². The summed E-state index contributed by atoms with van der Waals surface area (Å²) in [7, 11) is 0. The molecule has 0 aliphatic carbocycles. The quantitative estimate of drug-likeness (QED) is 0.452. The van der Waals surface area contributed by atoms with Gasteiger partial charge in [-0.15, -0.1) is 11.5 Å². The second kappa shape index (κ2) is 11.3. The van der Waals surface area contributed by atoms with Gasteiger partial charge in [0.2, 0.25) is 0 Å². The van der Waals surface area contributed by atoms with Crippen molar-refractivity contribution in [2.24, 2.45) is 0 Å². The standard InChI is InChI=1S/2C6H6O.Pb.Sn.4H/c2*7-6-4-2-1-3-5-6;;;;;;/h2*1-5,7H;;;;;;/q;;+2;;;;;/p-2. The zero-order valence-corrected chi connectivity index (χ0v) is 12.0. The van der Waals surface area contributed by atoms with Crippen molar-refractivity contribution in [3.05, 3.63) is 60.7 Å². The molecule has 0 bridgehead atoms. The van der Waals surface area contributed by atoms with Crippen molar-refractivity contribution >= 4 is 51.2 Å². The molecule has 0 amide bonds. The van der Waals surface area contributed by atoms with E-state index in [1.807, 2.05) is 12.1 Å². The van der Waals surface area contributed by atoms with E-state index in [2.05, 4.69) is 0 Å². The summed E-state index contributed by atoms with van der Waals surface area (Å²) in [6, 6.07) is 16.7. The summed E-state index contributed by atoms with van der Waals surface area (Å²) in [5, 5.41) is 20.5. The van der Waals surface area contributed by atoms with Gasteiger partial charge >= 0.3 is 51.2 Å². The molecule has 0 aromatic heterocycles. The second-order valence-corrected chi connectivity index (χ2v) is 2.63. The molecule has 0 aliphatic rings. The van der Waals surface area contributed by atoms with E-state index in [-0.39, 0.29) is 62.7 Å². The molecule has 2 rings (SSSR count). The van der Waals surface area contributed by atoms with Gasteiger partial charge < -0.3 is 10.2 Å². The molecule has 0 atom stereocenters. The molecule has 2 aromatic rings. The van der Waals surface area contributed by atoms with Crippen LogP contribution >= 0.6 is 0 Å². The first kappa shape index (κ1) is 18.1. The Kier molecular flexibility index (Phi) is 12.8. The van der Waals surface area contributed by atoms with E-state index in [0.29, 0.717) is 0 Å². The van der Waals surface area contributed by atoms with Crippen LogP contribution in [0.1, 0.15) is 0 Å². The van der Waals surface area contributed by atoms with E-state index < -0.39 is 0 Å². The monoisotopic (exact) mass is 518 g/mol. The Morgan fingerprint density at radius 3 is 0.938 bits per heavy atom. The van der Waals surface area contributed by atoms with Crippen LogP contribution in [-0.4, -0.2) is 51.2 Å². The molecule has 82 valence electrons. The molecule has 2 radical (unpaired) electrons. The van der Waals surface area contributed by atoms with Gasteiger partial charge in [-0.2, -0.15) is 0 Å². The first-order valence-corrected chi connectivity index (χ1v) is 4.23. The predicted octanol–water partition coefficient (Wildman–Crippen LogP) is -0.312. The first-order chi connectivity index (χ1) is 6.79. The molecule has 0 heterocycles. The van der Waals surface area contributed by atoms with Crippen LogP contribution in [0.4, 0.5) is 0 Å². The van der Waals surface area contributed by atoms with E-state index in [1.165, 1.54) is 24.3 Å². The third kappa shape index (κ3) is 9.02. The fourth-order valence-corrected chi connectivity index (χ4v) is 0.841. The maximum atomic E-state index is 10.3. The van der Waals surface area contributed by atoms with Crippen molar-refractivity contribution in [2.45, 2.75) is 0 Å². The fourth-order valence-electron chi connectivity index (χ4n) is 0.841. The Morgan fingerprint density at radius 2 is 0.812 bits per heavy atom. The first-order valence-electron chi connectivity index (χ1n) is 4.23. The van der Waals surface area contributed by atoms with Gasteiger partial charge in [-0.25, -0.2) is 0 Å². The average Bonchev–Trinajstić information content (AvgIpc) is 2.21. The van der Waals surface area contributed by atoms with Crippen LogP contribution in [0.15, 0.2) is 60.7 Å². The Bertz CT molecular complexity index is 316. The third-order valence-corrected chi connectivity index (χ3v) is 1.49. The van der Waals surface area contributed by atoms with E-state index >= 15 is 0 Å². The molecular formula is C12H14O2PbSn. The minimum absolute atomic E-state index is 0. The molecular weight excluding hydrogens is 502 g/mol. The molecule has 2 aromatic carbocycles. The van der Waals surface area contributed by atoms with Crippen molar-refractivity contribution in [1.82, 2.24) is 0 Å². The number of hydrogen-bond acceptors (Lipinski definition) is 2. The van der Waals surface area contributed by atoms with Gasteiger partial charge in [0.25, 0.3) is 0 Å². The summed E-state index contributed by atoms with van der Waals surface area (Å²) in [4.78, 5) is 0. The van der Waals surface area contributed by atoms with Gasteiger partial charge in [0, 0.05) is 0 Å². The molecule has 0 saturated carbocycles. The molecule has 2 nitrogen and oxygen atoms in total. The summed E-state index contributed by atoms with van der Waals surface area (Å²) in [6.45, 7) is 0. The van der Waals surface area contributed by atoms with Crippen molar-refractivity contribution in [3.8, 4) is 11.5 Å². The average molecular weight is 516 g/mol. The molecule has 0 N–H and O–H groups in total. The van der Waals surface area contributed by atoms with Gasteiger partial charge in [0.05, 0.1) is 0 Å². The molecule has 0 saturated heterocycles. The van der Waals surface area contributed by atoms with Gasteiger partial charge in [-0.3, -0.25) is 0 Å². The van der Waals surface area contributed by atoms with E-state index in [4.69, 9.17) is 0 Å². The Hall–Kier alpha value is -0.239. The zero-order valence-electron chi connectivity index (χ0n) is 8.09. The van der Waals surface area contributed by atoms with E-state index in [1.54, 1.807) is 24.3 Å². The van der Waals surface area contributed by atoms with Crippen LogP contribution in [-0.2, 0) is 0 Å². The van der Waals surface area contributed by atoms with Gasteiger partial charge in [-0.1, -0.05) is 60.7 Å². The van der Waals surface area contributed by atoms with Gasteiger partial charge in [-0.05, 0) is 0 Å². The molecule has 0 aliphatic heterocycles. The minimum atomic E-state index is 0. The predicted molar refractivity (Wildman–Crippen MR) is 68.9 cm³/mol. The molecule has 0 unspecified atom stereocenters. The number of rotatable bonds is 0. The summed E-state index contributed by atoms with van der Waals surface area (Å²) >= 11 is 0. The summed E-state index contributed by atoms with van der Waals surface area (Å²) in [6.07, 6.45) is 0. The van der Waals surface area contributed by atoms with Crippen LogP contribution in [0, 0.1) is 0 Å². The summed E-state index contributed by atoms with van der Waals surface area (Å²) in [5.74, 6) is 0.144. The number of benzene rings is 2. The molecule has 0 spiro atoms. The van der Waals surface area contributed by atoms with Crippen LogP contribution < -0.4 is 10.2 Å². The number of hydrogen-bond donors (Lipinski definition) is 0. The zero-order chi connectivity index (χ0) is 10.2. The number of para-hydroxylation sites is 2. The topological polar surface area (TPSA) is 46.1 Å². The van der Waals surface area contributed by atoms with Crippen molar-refractivity contribution in [1.29, 1.82) is 0 Å². The normalized spacial score (nSPS) is 7.50.